The first-order chi connectivity index (χ1) is 14.3. The number of fused-ring (bicyclic) bond motifs is 1. The van der Waals surface area contributed by atoms with Gasteiger partial charge in [0, 0.05) is 17.4 Å². The number of halogens is 7. The van der Waals surface area contributed by atoms with Gasteiger partial charge in [-0.3, -0.25) is 4.79 Å². The van der Waals surface area contributed by atoms with Gasteiger partial charge in [-0.25, -0.2) is 9.59 Å². The summed E-state index contributed by atoms with van der Waals surface area (Å²) in [5.41, 5.74) is 0. The molecule has 2 aliphatic heterocycles. The largest absolute Gasteiger partial charge is 0.462 e. The standard InChI is InChI=1S/C16H19F7N2O5S/c17-14(18,15(19,20)16(21,22)23)12(27)30-6-5-29-10(26)4-2-1-3-9-11-8(7-31-9)24-13(28)25-11/h8-9,11H,1-7H2,(H2,24,25,28)/t8-,9-,11-/m0/s1. The third-order valence-corrected chi connectivity index (χ3v) is 6.15. The number of carbonyl (C=O) groups excluding carboxylic acids is 3. The number of rotatable bonds is 10. The number of nitrogens with one attached hydrogen (secondary N) is 2. The maximum absolute atomic E-state index is 13.0. The summed E-state index contributed by atoms with van der Waals surface area (Å²) in [5.74, 6) is -15.8. The van der Waals surface area contributed by atoms with Gasteiger partial charge in [0.05, 0.1) is 12.1 Å². The first kappa shape index (κ1) is 25.3. The summed E-state index contributed by atoms with van der Waals surface area (Å²) in [6.45, 7) is -1.89. The Bertz CT molecular complexity index is 692. The van der Waals surface area contributed by atoms with E-state index in [9.17, 15) is 45.1 Å². The summed E-state index contributed by atoms with van der Waals surface area (Å²) in [4.78, 5) is 33.7. The van der Waals surface area contributed by atoms with E-state index in [0.717, 1.165) is 12.2 Å². The van der Waals surface area contributed by atoms with E-state index in [2.05, 4.69) is 20.1 Å². The lowest BCUT2D eigenvalue weighted by molar-refractivity contribution is -0.348. The maximum atomic E-state index is 13.0. The average Bonchev–Trinajstić information content (AvgIpc) is 3.20. The van der Waals surface area contributed by atoms with Crippen LogP contribution in [0.25, 0.3) is 0 Å². The Morgan fingerprint density at radius 2 is 1.65 bits per heavy atom. The van der Waals surface area contributed by atoms with Gasteiger partial charge in [0.1, 0.15) is 13.2 Å². The molecule has 0 bridgehead atoms. The monoisotopic (exact) mass is 484 g/mol. The van der Waals surface area contributed by atoms with Crippen LogP contribution < -0.4 is 10.6 Å². The number of thioether (sulfide) groups is 1. The molecule has 0 spiro atoms. The minimum Gasteiger partial charge on any atom is -0.462 e. The van der Waals surface area contributed by atoms with Crippen LogP contribution in [-0.2, 0) is 19.1 Å². The minimum atomic E-state index is -6.65. The van der Waals surface area contributed by atoms with Crippen LogP contribution in [0, 0.1) is 0 Å². The van der Waals surface area contributed by atoms with Crippen LogP contribution in [0.1, 0.15) is 25.7 Å². The zero-order valence-corrected chi connectivity index (χ0v) is 16.6. The van der Waals surface area contributed by atoms with Crippen LogP contribution in [0.2, 0.25) is 0 Å². The summed E-state index contributed by atoms with van der Waals surface area (Å²) in [5, 5.41) is 5.80. The Kier molecular flexibility index (Phi) is 7.92. The zero-order chi connectivity index (χ0) is 23.4. The van der Waals surface area contributed by atoms with Gasteiger partial charge >= 0.3 is 36.0 Å². The molecule has 0 unspecified atom stereocenters. The molecule has 2 fully saturated rings. The second kappa shape index (κ2) is 9.69. The number of alkyl halides is 7. The van der Waals surface area contributed by atoms with Gasteiger partial charge in [-0.15, -0.1) is 0 Å². The summed E-state index contributed by atoms with van der Waals surface area (Å²) in [6, 6.07) is -0.134. The zero-order valence-electron chi connectivity index (χ0n) is 15.8. The van der Waals surface area contributed by atoms with Crippen LogP contribution in [0.5, 0.6) is 0 Å². The molecule has 0 radical (unpaired) electrons. The Morgan fingerprint density at radius 3 is 2.29 bits per heavy atom. The molecular formula is C16H19F7N2O5S. The molecule has 7 nitrogen and oxygen atoms in total. The summed E-state index contributed by atoms with van der Waals surface area (Å²) < 4.78 is 95.6. The quantitative estimate of drug-likeness (QED) is 0.214. The number of unbranched alkanes of at least 4 members (excludes halogenated alkanes) is 1. The topological polar surface area (TPSA) is 93.7 Å². The lowest BCUT2D eigenvalue weighted by Gasteiger charge is -2.26. The normalized spacial score (nSPS) is 23.7. The fraction of sp³-hybridized carbons (Fsp3) is 0.812. The SMILES string of the molecule is O=C1N[C@H]2[C@H](CS[C@H]2CCCCC(=O)OCCOC(=O)C(F)(F)C(F)(F)C(F)(F)F)N1. The molecule has 31 heavy (non-hydrogen) atoms. The lowest BCUT2D eigenvalue weighted by atomic mass is 10.0. The Hall–Kier alpha value is -1.93. The van der Waals surface area contributed by atoms with E-state index in [0.29, 0.717) is 12.8 Å². The molecule has 2 N–H and O–H groups in total. The van der Waals surface area contributed by atoms with E-state index < -0.39 is 43.2 Å². The van der Waals surface area contributed by atoms with E-state index in [1.165, 1.54) is 0 Å². The lowest BCUT2D eigenvalue weighted by Crippen LogP contribution is -2.56. The van der Waals surface area contributed by atoms with Crippen LogP contribution >= 0.6 is 11.8 Å². The molecular weight excluding hydrogens is 465 g/mol. The number of carbonyl (C=O) groups is 3. The van der Waals surface area contributed by atoms with Crippen LogP contribution in [0.3, 0.4) is 0 Å². The molecule has 2 aliphatic rings. The van der Waals surface area contributed by atoms with Crippen LogP contribution in [0.15, 0.2) is 0 Å². The highest BCUT2D eigenvalue weighted by atomic mass is 32.2. The number of amides is 2. The van der Waals surface area contributed by atoms with Crippen molar-refractivity contribution in [2.75, 3.05) is 19.0 Å². The third kappa shape index (κ3) is 5.86. The van der Waals surface area contributed by atoms with Gasteiger partial charge in [0.25, 0.3) is 0 Å². The van der Waals surface area contributed by atoms with Crippen LogP contribution in [-0.4, -0.2) is 72.3 Å². The van der Waals surface area contributed by atoms with Crippen molar-refractivity contribution in [2.24, 2.45) is 0 Å². The molecule has 0 aliphatic carbocycles. The second-order valence-electron chi connectivity index (χ2n) is 6.87. The fourth-order valence-electron chi connectivity index (χ4n) is 3.02. The van der Waals surface area contributed by atoms with Crippen molar-refractivity contribution in [3.8, 4) is 0 Å². The molecule has 0 aromatic heterocycles. The van der Waals surface area contributed by atoms with Crippen molar-refractivity contribution in [1.82, 2.24) is 10.6 Å². The van der Waals surface area contributed by atoms with E-state index in [1.807, 2.05) is 0 Å². The van der Waals surface area contributed by atoms with Crippen LogP contribution in [0.4, 0.5) is 35.5 Å². The molecule has 178 valence electrons. The van der Waals surface area contributed by atoms with Gasteiger partial charge in [0.2, 0.25) is 0 Å². The van der Waals surface area contributed by atoms with Crippen molar-refractivity contribution >= 4 is 29.7 Å². The highest BCUT2D eigenvalue weighted by Crippen LogP contribution is 2.46. The second-order valence-corrected chi connectivity index (χ2v) is 8.14. The van der Waals surface area contributed by atoms with Gasteiger partial charge in [-0.05, 0) is 12.8 Å². The number of hydrogen-bond acceptors (Lipinski definition) is 6. The van der Waals surface area contributed by atoms with Crippen molar-refractivity contribution in [3.63, 3.8) is 0 Å². The van der Waals surface area contributed by atoms with Gasteiger partial charge in [0.15, 0.2) is 0 Å². The predicted molar refractivity (Wildman–Crippen MR) is 91.8 cm³/mol. The number of ether oxygens (including phenoxy) is 2. The Balaban J connectivity index is 1.60. The predicted octanol–water partition coefficient (Wildman–Crippen LogP) is 2.63. The molecule has 2 heterocycles. The third-order valence-electron chi connectivity index (χ3n) is 4.64. The Morgan fingerprint density at radius 1 is 1.00 bits per heavy atom. The van der Waals surface area contributed by atoms with Gasteiger partial charge in [-0.1, -0.05) is 6.42 Å². The first-order valence-corrected chi connectivity index (χ1v) is 10.2. The van der Waals surface area contributed by atoms with E-state index in [4.69, 9.17) is 0 Å². The molecule has 0 saturated carbocycles. The molecule has 3 atom stereocenters. The number of esters is 2. The molecule has 15 heteroatoms. The van der Waals surface area contributed by atoms with E-state index >= 15 is 0 Å². The summed E-state index contributed by atoms with van der Waals surface area (Å²) in [6.07, 6.45) is -4.96. The maximum Gasteiger partial charge on any atom is 0.460 e. The minimum absolute atomic E-state index is 0.0157. The molecule has 2 amide bonds. The highest BCUT2D eigenvalue weighted by Gasteiger charge is 2.77. The smallest absolute Gasteiger partial charge is 0.460 e. The van der Waals surface area contributed by atoms with E-state index in [1.54, 1.807) is 11.8 Å². The molecule has 0 aromatic rings. The molecule has 2 saturated heterocycles. The number of hydrogen-bond donors (Lipinski definition) is 2. The van der Waals surface area contributed by atoms with Crippen molar-refractivity contribution in [1.29, 1.82) is 0 Å². The fourth-order valence-corrected chi connectivity index (χ4v) is 4.56. The molecule has 0 aromatic carbocycles. The van der Waals surface area contributed by atoms with Crippen molar-refractivity contribution in [3.05, 3.63) is 0 Å². The highest BCUT2D eigenvalue weighted by molar-refractivity contribution is 8.00. The van der Waals surface area contributed by atoms with Crippen molar-refractivity contribution in [2.45, 2.75) is 61.0 Å². The summed E-state index contributed by atoms with van der Waals surface area (Å²) >= 11 is 1.69. The molecule has 2 rings (SSSR count). The van der Waals surface area contributed by atoms with Gasteiger partial charge in [-0.2, -0.15) is 42.5 Å². The summed E-state index contributed by atoms with van der Waals surface area (Å²) in [7, 11) is 0. The first-order valence-electron chi connectivity index (χ1n) is 9.11. The van der Waals surface area contributed by atoms with Crippen molar-refractivity contribution < 1.29 is 54.6 Å². The Labute approximate surface area is 175 Å². The average molecular weight is 484 g/mol. The van der Waals surface area contributed by atoms with Gasteiger partial charge < -0.3 is 20.1 Å². The number of urea groups is 1. The van der Waals surface area contributed by atoms with E-state index in [-0.39, 0.29) is 29.8 Å².